The highest BCUT2D eigenvalue weighted by Crippen LogP contribution is 2.24. The molecule has 1 heterocycles. The van der Waals surface area contributed by atoms with E-state index in [0.717, 1.165) is 23.7 Å². The Morgan fingerprint density at radius 1 is 0.833 bits per heavy atom. The smallest absolute Gasteiger partial charge is 0.119 e. The quantitative estimate of drug-likeness (QED) is 0.359. The number of nitrogens with zero attached hydrogens (tertiary/aromatic N) is 1. The fourth-order valence-corrected chi connectivity index (χ4v) is 4.16. The molecule has 0 fully saturated rings. The van der Waals surface area contributed by atoms with Gasteiger partial charge in [-0.25, -0.2) is 4.98 Å². The van der Waals surface area contributed by atoms with E-state index in [0.29, 0.717) is 6.61 Å². The molecule has 4 heteroatoms. The van der Waals surface area contributed by atoms with Crippen molar-refractivity contribution in [3.05, 3.63) is 118 Å². The van der Waals surface area contributed by atoms with E-state index in [4.69, 9.17) is 4.74 Å². The van der Waals surface area contributed by atoms with E-state index in [1.165, 1.54) is 21.6 Å². The van der Waals surface area contributed by atoms with Crippen LogP contribution in [-0.2, 0) is 19.6 Å². The average Bonchev–Trinajstić information content (AvgIpc) is 3.23. The minimum absolute atomic E-state index is 0.195. The molecule has 1 aromatic heterocycles. The maximum atomic E-state index is 5.89. The molecule has 0 bridgehead atoms. The maximum Gasteiger partial charge on any atom is 0.119 e. The Morgan fingerprint density at radius 3 is 2.13 bits per heavy atom. The highest BCUT2D eigenvalue weighted by Gasteiger charge is 2.15. The molecule has 0 saturated carbocycles. The van der Waals surface area contributed by atoms with Crippen LogP contribution in [0.1, 0.15) is 32.6 Å². The summed E-state index contributed by atoms with van der Waals surface area (Å²) in [4.78, 5) is 5.87. The summed E-state index contributed by atoms with van der Waals surface area (Å²) >= 11 is 1.76. The van der Waals surface area contributed by atoms with E-state index >= 15 is 0 Å². The molecule has 3 aromatic carbocycles. The van der Waals surface area contributed by atoms with Crippen LogP contribution in [0.3, 0.4) is 0 Å². The van der Waals surface area contributed by atoms with Gasteiger partial charge in [-0.2, -0.15) is 0 Å². The molecular formula is C26H26N2OS. The van der Waals surface area contributed by atoms with Gasteiger partial charge in [-0.1, -0.05) is 72.8 Å². The lowest BCUT2D eigenvalue weighted by atomic mass is 10.1. The van der Waals surface area contributed by atoms with Crippen molar-refractivity contribution in [1.82, 2.24) is 10.3 Å². The number of benzene rings is 3. The van der Waals surface area contributed by atoms with E-state index in [1.54, 1.807) is 11.3 Å². The fraction of sp³-hybridized carbons (Fsp3) is 0.192. The van der Waals surface area contributed by atoms with Crippen molar-refractivity contribution in [3.8, 4) is 5.75 Å². The van der Waals surface area contributed by atoms with Crippen molar-refractivity contribution in [2.75, 3.05) is 0 Å². The molecule has 1 atom stereocenters. The van der Waals surface area contributed by atoms with Crippen molar-refractivity contribution in [1.29, 1.82) is 0 Å². The van der Waals surface area contributed by atoms with Crippen LogP contribution in [0.25, 0.3) is 0 Å². The minimum atomic E-state index is 0.195. The van der Waals surface area contributed by atoms with Gasteiger partial charge in [0.2, 0.25) is 0 Å². The zero-order chi connectivity index (χ0) is 20.6. The number of thiazole rings is 1. The molecule has 1 N–H and O–H groups in total. The molecule has 0 aliphatic rings. The normalized spacial score (nSPS) is 11.9. The monoisotopic (exact) mass is 414 g/mol. The van der Waals surface area contributed by atoms with E-state index in [-0.39, 0.29) is 6.04 Å². The van der Waals surface area contributed by atoms with Gasteiger partial charge in [0, 0.05) is 17.6 Å². The van der Waals surface area contributed by atoms with E-state index < -0.39 is 0 Å². The molecule has 3 nitrogen and oxygen atoms in total. The molecule has 4 rings (SSSR count). The SMILES string of the molecule is Cc1cnc([C@H](Cc2ccccc2)NCc2ccc(OCc3ccccc3)cc2)s1. The number of ether oxygens (including phenoxy) is 1. The summed E-state index contributed by atoms with van der Waals surface area (Å²) in [6.45, 7) is 3.48. The van der Waals surface area contributed by atoms with Crippen LogP contribution in [0, 0.1) is 6.92 Å². The van der Waals surface area contributed by atoms with Gasteiger partial charge in [0.15, 0.2) is 0 Å². The Hall–Kier alpha value is -2.95. The van der Waals surface area contributed by atoms with Crippen LogP contribution in [0.4, 0.5) is 0 Å². The van der Waals surface area contributed by atoms with Gasteiger partial charge >= 0.3 is 0 Å². The van der Waals surface area contributed by atoms with Gasteiger partial charge in [0.1, 0.15) is 17.4 Å². The topological polar surface area (TPSA) is 34.2 Å². The number of hydrogen-bond donors (Lipinski definition) is 1. The first kappa shape index (κ1) is 20.3. The summed E-state index contributed by atoms with van der Waals surface area (Å²) in [7, 11) is 0. The van der Waals surface area contributed by atoms with Crippen LogP contribution in [0.2, 0.25) is 0 Å². The lowest BCUT2D eigenvalue weighted by Gasteiger charge is -2.17. The maximum absolute atomic E-state index is 5.89. The highest BCUT2D eigenvalue weighted by molar-refractivity contribution is 7.11. The average molecular weight is 415 g/mol. The first-order valence-electron chi connectivity index (χ1n) is 10.2. The summed E-state index contributed by atoms with van der Waals surface area (Å²) in [5.41, 5.74) is 3.71. The minimum Gasteiger partial charge on any atom is -0.489 e. The molecule has 0 spiro atoms. The number of nitrogens with one attached hydrogen (secondary N) is 1. The molecule has 0 radical (unpaired) electrons. The highest BCUT2D eigenvalue weighted by atomic mass is 32.1. The van der Waals surface area contributed by atoms with Gasteiger partial charge in [0.25, 0.3) is 0 Å². The third kappa shape index (κ3) is 5.78. The second-order valence-corrected chi connectivity index (χ2v) is 8.62. The standard InChI is InChI=1S/C26H26N2OS/c1-20-17-28-26(30-20)25(16-21-8-4-2-5-9-21)27-18-22-12-14-24(15-13-22)29-19-23-10-6-3-7-11-23/h2-15,17,25,27H,16,18-19H2,1H3/t25-/m0/s1. The van der Waals surface area contributed by atoms with E-state index in [9.17, 15) is 0 Å². The summed E-state index contributed by atoms with van der Waals surface area (Å²) in [5.74, 6) is 0.888. The third-order valence-electron chi connectivity index (χ3n) is 4.94. The van der Waals surface area contributed by atoms with Crippen molar-refractivity contribution >= 4 is 11.3 Å². The van der Waals surface area contributed by atoms with Crippen LogP contribution in [0.15, 0.2) is 91.1 Å². The van der Waals surface area contributed by atoms with Crippen molar-refractivity contribution in [2.45, 2.75) is 32.5 Å². The zero-order valence-electron chi connectivity index (χ0n) is 17.1. The molecule has 30 heavy (non-hydrogen) atoms. The summed E-state index contributed by atoms with van der Waals surface area (Å²) in [5, 5.41) is 4.84. The van der Waals surface area contributed by atoms with Crippen LogP contribution in [0.5, 0.6) is 5.75 Å². The second-order valence-electron chi connectivity index (χ2n) is 7.35. The van der Waals surface area contributed by atoms with Crippen molar-refractivity contribution in [3.63, 3.8) is 0 Å². The summed E-state index contributed by atoms with van der Waals surface area (Å²) < 4.78 is 5.89. The van der Waals surface area contributed by atoms with Gasteiger partial charge in [-0.05, 0) is 42.2 Å². The van der Waals surface area contributed by atoms with Gasteiger partial charge in [-0.15, -0.1) is 11.3 Å². The Labute approximate surface area is 182 Å². The lowest BCUT2D eigenvalue weighted by molar-refractivity contribution is 0.306. The fourth-order valence-electron chi connectivity index (χ4n) is 3.32. The predicted octanol–water partition coefficient (Wildman–Crippen LogP) is 6.10. The van der Waals surface area contributed by atoms with Crippen molar-refractivity contribution in [2.24, 2.45) is 0 Å². The van der Waals surface area contributed by atoms with Crippen LogP contribution in [-0.4, -0.2) is 4.98 Å². The van der Waals surface area contributed by atoms with Gasteiger partial charge in [-0.3, -0.25) is 0 Å². The molecule has 0 aliphatic carbocycles. The Morgan fingerprint density at radius 2 is 1.50 bits per heavy atom. The summed E-state index contributed by atoms with van der Waals surface area (Å²) in [6, 6.07) is 29.3. The number of rotatable bonds is 9. The molecule has 152 valence electrons. The van der Waals surface area contributed by atoms with Crippen LogP contribution >= 0.6 is 11.3 Å². The molecular weight excluding hydrogens is 388 g/mol. The van der Waals surface area contributed by atoms with E-state index in [1.807, 2.05) is 36.5 Å². The number of aryl methyl sites for hydroxylation is 1. The zero-order valence-corrected chi connectivity index (χ0v) is 17.9. The molecule has 0 amide bonds. The Kier molecular flexibility index (Phi) is 6.91. The van der Waals surface area contributed by atoms with E-state index in [2.05, 4.69) is 71.8 Å². The molecule has 0 unspecified atom stereocenters. The number of hydrogen-bond acceptors (Lipinski definition) is 4. The van der Waals surface area contributed by atoms with Crippen molar-refractivity contribution < 1.29 is 4.74 Å². The largest absolute Gasteiger partial charge is 0.489 e. The van der Waals surface area contributed by atoms with Crippen LogP contribution < -0.4 is 10.1 Å². The predicted molar refractivity (Wildman–Crippen MR) is 124 cm³/mol. The molecule has 0 aliphatic heterocycles. The van der Waals surface area contributed by atoms with Gasteiger partial charge < -0.3 is 10.1 Å². The Balaban J connectivity index is 1.37. The molecule has 0 saturated heterocycles. The summed E-state index contributed by atoms with van der Waals surface area (Å²) in [6.07, 6.45) is 2.88. The number of aromatic nitrogens is 1. The second kappa shape index (κ2) is 10.2. The third-order valence-corrected chi connectivity index (χ3v) is 5.97. The molecule has 4 aromatic rings. The Bertz CT molecular complexity index is 1030. The first-order chi connectivity index (χ1) is 14.8. The first-order valence-corrected chi connectivity index (χ1v) is 11.0. The van der Waals surface area contributed by atoms with Gasteiger partial charge in [0.05, 0.1) is 6.04 Å². The lowest BCUT2D eigenvalue weighted by Crippen LogP contribution is -2.22.